The highest BCUT2D eigenvalue weighted by atomic mass is 32.1. The van der Waals surface area contributed by atoms with Crippen LogP contribution < -0.4 is 15.4 Å². The Morgan fingerprint density at radius 1 is 0.919 bits per heavy atom. The Balaban J connectivity index is 0.821. The maximum atomic E-state index is 13.2. The minimum absolute atomic E-state index is 0.0125. The van der Waals surface area contributed by atoms with Crippen LogP contribution in [0.3, 0.4) is 0 Å². The standard InChI is InChI=1S/C51H68N4O6S/c1-31(2)10-9-11-32(3)38-17-18-39-37-16-14-33-28-35(22-25-50(33,4)40(37)23-26-51(38,39)5)60-46(56)20-21-47(57)61-44-13-8-7-12-41(44)54-49-55-42-19-15-34(30-45(42)62-49)59-36-24-27-53-43(29-36)48(58)52-6/h14-15,19,24,27,29-32,35,37-40H,7-13,16-18,20-23,25-26,28H2,1-6H3,(H,52,58)(H,54,55)/t32?,35-,37-,38+,39-,40-,50-,51+/m0/s1. The van der Waals surface area contributed by atoms with Gasteiger partial charge in [-0.1, -0.05) is 76.9 Å². The van der Waals surface area contributed by atoms with Crippen molar-refractivity contribution in [3.63, 3.8) is 0 Å². The fourth-order valence-electron chi connectivity index (χ4n) is 12.5. The highest BCUT2D eigenvalue weighted by Crippen LogP contribution is 2.67. The Kier molecular flexibility index (Phi) is 13.5. The van der Waals surface area contributed by atoms with Gasteiger partial charge < -0.3 is 24.8 Å². The molecule has 1 aromatic carbocycles. The van der Waals surface area contributed by atoms with Gasteiger partial charge in [0, 0.05) is 38.2 Å². The zero-order chi connectivity index (χ0) is 43.6. The van der Waals surface area contributed by atoms with E-state index in [1.807, 2.05) is 18.2 Å². The molecule has 334 valence electrons. The summed E-state index contributed by atoms with van der Waals surface area (Å²) in [4.78, 5) is 47.2. The first-order chi connectivity index (χ1) is 29.8. The number of carbonyl (C=O) groups excluding carboxylic acids is 3. The zero-order valence-electron chi connectivity index (χ0n) is 37.9. The second kappa shape index (κ2) is 18.8. The number of nitrogens with zero attached hydrogens (tertiary/aromatic N) is 2. The Labute approximate surface area is 372 Å². The molecule has 0 spiro atoms. The van der Waals surface area contributed by atoms with Crippen LogP contribution in [0.4, 0.5) is 5.13 Å². The second-order valence-electron chi connectivity index (χ2n) is 20.1. The van der Waals surface area contributed by atoms with E-state index in [2.05, 4.69) is 56.3 Å². The monoisotopic (exact) mass is 864 g/mol. The lowest BCUT2D eigenvalue weighted by Gasteiger charge is -2.58. The molecule has 0 bridgehead atoms. The van der Waals surface area contributed by atoms with Gasteiger partial charge in [0.15, 0.2) is 5.13 Å². The summed E-state index contributed by atoms with van der Waals surface area (Å²) in [6.45, 7) is 12.4. The number of pyridine rings is 1. The summed E-state index contributed by atoms with van der Waals surface area (Å²) >= 11 is 1.48. The number of hydrogen-bond acceptors (Lipinski definition) is 10. The topological polar surface area (TPSA) is 129 Å². The molecular weight excluding hydrogens is 797 g/mol. The van der Waals surface area contributed by atoms with Crippen molar-refractivity contribution < 1.29 is 28.6 Å². The van der Waals surface area contributed by atoms with Crippen molar-refractivity contribution in [2.45, 2.75) is 150 Å². The fourth-order valence-corrected chi connectivity index (χ4v) is 13.4. The maximum absolute atomic E-state index is 13.2. The van der Waals surface area contributed by atoms with Crippen molar-refractivity contribution in [3.05, 3.63) is 65.3 Å². The third kappa shape index (κ3) is 9.48. The summed E-state index contributed by atoms with van der Waals surface area (Å²) in [5.41, 5.74) is 4.11. The van der Waals surface area contributed by atoms with Crippen LogP contribution in [0.2, 0.25) is 0 Å². The van der Waals surface area contributed by atoms with E-state index in [9.17, 15) is 14.4 Å². The van der Waals surface area contributed by atoms with E-state index >= 15 is 0 Å². The third-order valence-electron chi connectivity index (χ3n) is 15.8. The van der Waals surface area contributed by atoms with Crippen molar-refractivity contribution >= 4 is 44.5 Å². The van der Waals surface area contributed by atoms with Crippen LogP contribution in [0, 0.1) is 46.3 Å². The molecule has 11 heteroatoms. The smallest absolute Gasteiger partial charge is 0.311 e. The lowest BCUT2D eigenvalue weighted by Crippen LogP contribution is -2.51. The van der Waals surface area contributed by atoms with Crippen LogP contribution in [-0.2, 0) is 19.1 Å². The summed E-state index contributed by atoms with van der Waals surface area (Å²) in [6.07, 6.45) is 20.8. The summed E-state index contributed by atoms with van der Waals surface area (Å²) < 4.78 is 18.9. The third-order valence-corrected chi connectivity index (χ3v) is 16.7. The van der Waals surface area contributed by atoms with E-state index in [1.165, 1.54) is 74.5 Å². The van der Waals surface area contributed by atoms with Gasteiger partial charge in [0.1, 0.15) is 29.1 Å². The second-order valence-corrected chi connectivity index (χ2v) is 21.1. The van der Waals surface area contributed by atoms with Crippen LogP contribution in [0.25, 0.3) is 10.2 Å². The summed E-state index contributed by atoms with van der Waals surface area (Å²) in [7, 11) is 1.56. The molecule has 0 radical (unpaired) electrons. The predicted molar refractivity (Wildman–Crippen MR) is 245 cm³/mol. The van der Waals surface area contributed by atoms with E-state index in [4.69, 9.17) is 19.2 Å². The molecule has 3 saturated carbocycles. The van der Waals surface area contributed by atoms with Crippen molar-refractivity contribution in [1.82, 2.24) is 15.3 Å². The van der Waals surface area contributed by atoms with Gasteiger partial charge in [0.05, 0.1) is 28.8 Å². The van der Waals surface area contributed by atoms with Crippen molar-refractivity contribution in [2.75, 3.05) is 12.4 Å². The molecule has 2 heterocycles. The molecule has 5 aliphatic carbocycles. The first-order valence-electron chi connectivity index (χ1n) is 23.7. The van der Waals surface area contributed by atoms with Crippen LogP contribution in [0.15, 0.2) is 59.6 Å². The number of amides is 1. The largest absolute Gasteiger partial charge is 0.462 e. The SMILES string of the molecule is CNC(=O)c1cc(Oc2ccc3nc(NC4=C(OC(=O)CCC(=O)O[C@H]5CC[C@@]6(C)C(=CC[C@H]7[C@@H]8CC[C@H](C(C)CCCC(C)C)[C@@]8(C)CC[C@@H]76)C5)CCCC4)sc3c2)ccn1. The average Bonchev–Trinajstić information content (AvgIpc) is 3.83. The number of aromatic nitrogens is 2. The first-order valence-corrected chi connectivity index (χ1v) is 24.5. The molecule has 0 saturated heterocycles. The fraction of sp³-hybridized carbons (Fsp3) is 0.627. The van der Waals surface area contributed by atoms with Crippen LogP contribution in [0.5, 0.6) is 11.5 Å². The zero-order valence-corrected chi connectivity index (χ0v) is 38.7. The summed E-state index contributed by atoms with van der Waals surface area (Å²) in [5.74, 6) is 5.51. The minimum atomic E-state index is -0.416. The molecule has 1 amide bonds. The van der Waals surface area contributed by atoms with Gasteiger partial charge in [-0.2, -0.15) is 0 Å². The molecule has 10 nitrogen and oxygen atoms in total. The van der Waals surface area contributed by atoms with Gasteiger partial charge in [-0.15, -0.1) is 0 Å². The van der Waals surface area contributed by atoms with Crippen molar-refractivity contribution in [1.29, 1.82) is 0 Å². The number of esters is 2. The Bertz CT molecular complexity index is 2200. The molecule has 62 heavy (non-hydrogen) atoms. The Morgan fingerprint density at radius 3 is 2.55 bits per heavy atom. The number of hydrogen-bond donors (Lipinski definition) is 2. The molecule has 1 unspecified atom stereocenters. The molecular formula is C51H68N4O6S. The Hall–Kier alpha value is -4.25. The molecule has 8 atom stereocenters. The van der Waals surface area contributed by atoms with E-state index in [-0.39, 0.29) is 41.9 Å². The normalized spacial score (nSPS) is 28.6. The maximum Gasteiger partial charge on any atom is 0.311 e. The molecule has 3 aromatic rings. The van der Waals surface area contributed by atoms with Crippen molar-refractivity contribution in [2.24, 2.45) is 46.3 Å². The highest BCUT2D eigenvalue weighted by molar-refractivity contribution is 7.22. The molecule has 8 rings (SSSR count). The van der Waals surface area contributed by atoms with Crippen LogP contribution in [-0.4, -0.2) is 41.0 Å². The van der Waals surface area contributed by atoms with Crippen LogP contribution >= 0.6 is 11.3 Å². The van der Waals surface area contributed by atoms with Gasteiger partial charge in [-0.05, 0) is 129 Å². The summed E-state index contributed by atoms with van der Waals surface area (Å²) in [5, 5.41) is 6.70. The van der Waals surface area contributed by atoms with E-state index in [0.29, 0.717) is 34.2 Å². The number of nitrogens with one attached hydrogen (secondary N) is 2. The van der Waals surface area contributed by atoms with Crippen LogP contribution in [0.1, 0.15) is 154 Å². The van der Waals surface area contributed by atoms with Gasteiger partial charge in [0.2, 0.25) is 0 Å². The predicted octanol–water partition coefficient (Wildman–Crippen LogP) is 12.3. The van der Waals surface area contributed by atoms with Gasteiger partial charge in [0.25, 0.3) is 5.91 Å². The quantitative estimate of drug-likeness (QED) is 0.113. The van der Waals surface area contributed by atoms with Gasteiger partial charge in [-0.3, -0.25) is 19.4 Å². The Morgan fingerprint density at radius 2 is 1.73 bits per heavy atom. The molecule has 3 fully saturated rings. The van der Waals surface area contributed by atoms with Gasteiger partial charge >= 0.3 is 11.9 Å². The number of ether oxygens (including phenoxy) is 3. The number of anilines is 1. The van der Waals surface area contributed by atoms with Crippen molar-refractivity contribution in [3.8, 4) is 11.5 Å². The molecule has 2 aromatic heterocycles. The van der Waals surface area contributed by atoms with Gasteiger partial charge in [-0.25, -0.2) is 4.98 Å². The lowest BCUT2D eigenvalue weighted by atomic mass is 9.47. The molecule has 2 N–H and O–H groups in total. The molecule has 0 aliphatic heterocycles. The number of rotatable bonds is 15. The molecule has 5 aliphatic rings. The van der Waals surface area contributed by atoms with E-state index in [1.54, 1.807) is 19.2 Å². The summed E-state index contributed by atoms with van der Waals surface area (Å²) in [6, 6.07) is 8.94. The highest BCUT2D eigenvalue weighted by Gasteiger charge is 2.59. The van der Waals surface area contributed by atoms with E-state index in [0.717, 1.165) is 89.9 Å². The number of benzene rings is 1. The minimum Gasteiger partial charge on any atom is -0.462 e. The number of allylic oxidation sites excluding steroid dienone is 3. The average molecular weight is 865 g/mol. The number of fused-ring (bicyclic) bond motifs is 6. The number of carbonyl (C=O) groups is 3. The first kappa shape index (κ1) is 44.4. The lowest BCUT2D eigenvalue weighted by molar-refractivity contribution is -0.154. The van der Waals surface area contributed by atoms with E-state index < -0.39 is 5.97 Å². The number of thiazole rings is 1.